The quantitative estimate of drug-likeness (QED) is 0.874. The fourth-order valence-electron chi connectivity index (χ4n) is 1.79. The average molecular weight is 301 g/mol. The van der Waals surface area contributed by atoms with E-state index in [0.29, 0.717) is 5.56 Å². The maximum Gasteiger partial charge on any atom is 0.101 e. The van der Waals surface area contributed by atoms with Gasteiger partial charge in [-0.1, -0.05) is 34.1 Å². The van der Waals surface area contributed by atoms with Crippen molar-refractivity contribution in [3.05, 3.63) is 57.6 Å². The van der Waals surface area contributed by atoms with E-state index in [0.717, 1.165) is 27.0 Å². The predicted molar refractivity (Wildman–Crippen MR) is 78.1 cm³/mol. The minimum Gasteiger partial charge on any atom is -0.354 e. The number of nitrogens with one attached hydrogen (secondary N) is 1. The van der Waals surface area contributed by atoms with E-state index in [-0.39, 0.29) is 0 Å². The first kappa shape index (κ1) is 12.7. The third kappa shape index (κ3) is 2.55. The molecule has 2 aromatic rings. The molecule has 0 fully saturated rings. The second kappa shape index (κ2) is 5.24. The predicted octanol–water partition coefficient (Wildman–Crippen LogP) is 4.68. The van der Waals surface area contributed by atoms with Gasteiger partial charge in [0.2, 0.25) is 0 Å². The minimum absolute atomic E-state index is 0.661. The maximum atomic E-state index is 9.15. The Hall–Kier alpha value is -1.79. The number of nitrogens with zero attached hydrogens (tertiary/aromatic N) is 1. The highest BCUT2D eigenvalue weighted by Gasteiger charge is 2.07. The number of rotatable bonds is 2. The molecule has 0 spiro atoms. The van der Waals surface area contributed by atoms with Crippen molar-refractivity contribution in [1.29, 1.82) is 5.26 Å². The van der Waals surface area contributed by atoms with Crippen LogP contribution in [0.4, 0.5) is 11.4 Å². The molecule has 0 heterocycles. The van der Waals surface area contributed by atoms with Crippen LogP contribution in [0.3, 0.4) is 0 Å². The van der Waals surface area contributed by atoms with Crippen molar-refractivity contribution in [2.75, 3.05) is 5.32 Å². The summed E-state index contributed by atoms with van der Waals surface area (Å²) in [6, 6.07) is 14.0. The van der Waals surface area contributed by atoms with Crippen LogP contribution in [0.2, 0.25) is 0 Å². The van der Waals surface area contributed by atoms with Crippen molar-refractivity contribution in [3.8, 4) is 6.07 Å². The van der Waals surface area contributed by atoms with E-state index >= 15 is 0 Å². The molecule has 0 aliphatic rings. The van der Waals surface area contributed by atoms with Gasteiger partial charge in [0.25, 0.3) is 0 Å². The number of para-hydroxylation sites is 1. The molecule has 2 rings (SSSR count). The summed E-state index contributed by atoms with van der Waals surface area (Å²) in [6.07, 6.45) is 0. The number of anilines is 2. The lowest BCUT2D eigenvalue weighted by Gasteiger charge is -2.13. The van der Waals surface area contributed by atoms with Gasteiger partial charge in [0.15, 0.2) is 0 Å². The molecule has 0 unspecified atom stereocenters. The van der Waals surface area contributed by atoms with Crippen molar-refractivity contribution in [2.45, 2.75) is 13.8 Å². The Kier molecular flexibility index (Phi) is 3.69. The molecule has 0 atom stereocenters. The standard InChI is InChI=1S/C15H13BrN2/c1-10-6-7-13(16)8-14(10)18-15-11(2)4-3-5-12(15)9-17/h3-8,18H,1-2H3. The number of aryl methyl sites for hydroxylation is 2. The molecule has 1 N–H and O–H groups in total. The van der Waals surface area contributed by atoms with Gasteiger partial charge < -0.3 is 5.32 Å². The lowest BCUT2D eigenvalue weighted by atomic mass is 10.1. The van der Waals surface area contributed by atoms with Gasteiger partial charge in [0, 0.05) is 10.2 Å². The number of halogens is 1. The van der Waals surface area contributed by atoms with E-state index in [1.165, 1.54) is 0 Å². The van der Waals surface area contributed by atoms with Gasteiger partial charge >= 0.3 is 0 Å². The second-order valence-corrected chi connectivity index (χ2v) is 5.11. The summed E-state index contributed by atoms with van der Waals surface area (Å²) in [4.78, 5) is 0. The van der Waals surface area contributed by atoms with E-state index in [1.54, 1.807) is 0 Å². The van der Waals surface area contributed by atoms with Crippen molar-refractivity contribution in [1.82, 2.24) is 0 Å². The molecule has 0 aliphatic heterocycles. The Morgan fingerprint density at radius 2 is 1.89 bits per heavy atom. The van der Waals surface area contributed by atoms with Crippen LogP contribution < -0.4 is 5.32 Å². The normalized spacial score (nSPS) is 9.89. The Balaban J connectivity index is 2.46. The molecule has 0 amide bonds. The van der Waals surface area contributed by atoms with Gasteiger partial charge in [-0.25, -0.2) is 0 Å². The molecule has 0 aliphatic carbocycles. The highest BCUT2D eigenvalue weighted by Crippen LogP contribution is 2.28. The molecule has 0 aromatic heterocycles. The summed E-state index contributed by atoms with van der Waals surface area (Å²) >= 11 is 3.46. The van der Waals surface area contributed by atoms with E-state index in [9.17, 15) is 0 Å². The monoisotopic (exact) mass is 300 g/mol. The first-order valence-corrected chi connectivity index (χ1v) is 6.44. The summed E-state index contributed by atoms with van der Waals surface area (Å²) in [5.41, 5.74) is 4.75. The van der Waals surface area contributed by atoms with Crippen LogP contribution in [0.15, 0.2) is 40.9 Å². The number of hydrogen-bond acceptors (Lipinski definition) is 2. The second-order valence-electron chi connectivity index (χ2n) is 4.19. The molecule has 0 saturated heterocycles. The molecule has 3 heteroatoms. The average Bonchev–Trinajstić information content (AvgIpc) is 2.36. The summed E-state index contributed by atoms with van der Waals surface area (Å²) in [7, 11) is 0. The van der Waals surface area contributed by atoms with Crippen molar-refractivity contribution in [2.24, 2.45) is 0 Å². The van der Waals surface area contributed by atoms with Crippen LogP contribution in [0.1, 0.15) is 16.7 Å². The number of hydrogen-bond donors (Lipinski definition) is 1. The van der Waals surface area contributed by atoms with E-state index < -0.39 is 0 Å². The largest absolute Gasteiger partial charge is 0.354 e. The van der Waals surface area contributed by atoms with Crippen LogP contribution in [-0.4, -0.2) is 0 Å². The zero-order valence-electron chi connectivity index (χ0n) is 10.3. The van der Waals surface area contributed by atoms with E-state index in [2.05, 4.69) is 27.3 Å². The highest BCUT2D eigenvalue weighted by atomic mass is 79.9. The first-order valence-electron chi connectivity index (χ1n) is 5.64. The van der Waals surface area contributed by atoms with Gasteiger partial charge in [-0.2, -0.15) is 5.26 Å². The fourth-order valence-corrected chi connectivity index (χ4v) is 2.15. The molecular formula is C15H13BrN2. The topological polar surface area (TPSA) is 35.8 Å². The lowest BCUT2D eigenvalue weighted by molar-refractivity contribution is 1.36. The third-order valence-corrected chi connectivity index (χ3v) is 3.35. The van der Waals surface area contributed by atoms with Crippen molar-refractivity contribution >= 4 is 27.3 Å². The van der Waals surface area contributed by atoms with Crippen molar-refractivity contribution in [3.63, 3.8) is 0 Å². The van der Waals surface area contributed by atoms with Crippen LogP contribution in [0, 0.1) is 25.2 Å². The van der Waals surface area contributed by atoms with Crippen LogP contribution in [-0.2, 0) is 0 Å². The molecule has 18 heavy (non-hydrogen) atoms. The van der Waals surface area contributed by atoms with Crippen LogP contribution in [0.5, 0.6) is 0 Å². The van der Waals surface area contributed by atoms with Gasteiger partial charge in [0.05, 0.1) is 11.3 Å². The minimum atomic E-state index is 0.661. The Bertz CT molecular complexity index is 627. The molecule has 0 saturated carbocycles. The van der Waals surface area contributed by atoms with Crippen LogP contribution in [0.25, 0.3) is 0 Å². The summed E-state index contributed by atoms with van der Waals surface area (Å²) < 4.78 is 1.02. The maximum absolute atomic E-state index is 9.15. The fraction of sp³-hybridized carbons (Fsp3) is 0.133. The molecule has 2 nitrogen and oxygen atoms in total. The van der Waals surface area contributed by atoms with Gasteiger partial charge in [-0.15, -0.1) is 0 Å². The zero-order chi connectivity index (χ0) is 13.1. The highest BCUT2D eigenvalue weighted by molar-refractivity contribution is 9.10. The summed E-state index contributed by atoms with van der Waals surface area (Å²) in [5, 5.41) is 12.5. The molecule has 90 valence electrons. The van der Waals surface area contributed by atoms with E-state index in [4.69, 9.17) is 5.26 Å². The number of benzene rings is 2. The Morgan fingerprint density at radius 1 is 1.11 bits per heavy atom. The molecule has 0 bridgehead atoms. The third-order valence-electron chi connectivity index (χ3n) is 2.85. The number of nitriles is 1. The Morgan fingerprint density at radius 3 is 2.61 bits per heavy atom. The summed E-state index contributed by atoms with van der Waals surface area (Å²) in [5.74, 6) is 0. The Labute approximate surface area is 115 Å². The summed E-state index contributed by atoms with van der Waals surface area (Å²) in [6.45, 7) is 4.04. The molecular weight excluding hydrogens is 288 g/mol. The first-order chi connectivity index (χ1) is 8.61. The van der Waals surface area contributed by atoms with Gasteiger partial charge in [-0.05, 0) is 43.2 Å². The van der Waals surface area contributed by atoms with Gasteiger partial charge in [-0.3, -0.25) is 0 Å². The van der Waals surface area contributed by atoms with Crippen molar-refractivity contribution < 1.29 is 0 Å². The van der Waals surface area contributed by atoms with E-state index in [1.807, 2.05) is 50.2 Å². The smallest absolute Gasteiger partial charge is 0.101 e. The van der Waals surface area contributed by atoms with Crippen LogP contribution >= 0.6 is 15.9 Å². The molecule has 2 aromatic carbocycles. The molecule has 0 radical (unpaired) electrons. The zero-order valence-corrected chi connectivity index (χ0v) is 11.9. The SMILES string of the molecule is Cc1ccc(Br)cc1Nc1c(C)cccc1C#N. The van der Waals surface area contributed by atoms with Gasteiger partial charge in [0.1, 0.15) is 6.07 Å². The lowest BCUT2D eigenvalue weighted by Crippen LogP contribution is -1.98.